The highest BCUT2D eigenvalue weighted by molar-refractivity contribution is 6.32. The van der Waals surface area contributed by atoms with Crippen LogP contribution >= 0.6 is 11.6 Å². The maximum absolute atomic E-state index is 12.9. The maximum atomic E-state index is 12.9. The minimum absolute atomic E-state index is 0.0198. The lowest BCUT2D eigenvalue weighted by atomic mass is 9.92. The first-order chi connectivity index (χ1) is 14.4. The third-order valence-electron chi connectivity index (χ3n) is 4.55. The number of esters is 1. The molecule has 1 aliphatic rings. The van der Waals surface area contributed by atoms with Crippen molar-refractivity contribution in [2.45, 2.75) is 13.0 Å². The molecule has 9 heteroatoms. The standard InChI is InChI=1S/C21H21ClN2O6/c1-4-30-20(26)16-17(11-5-7-13(28-2)8-6-11)23-21(27)24-18(16)12-9-14(22)19(25)15(10-12)29-3/h5-10,18,25H,4H2,1-3H3,(H2,23,24,27). The summed E-state index contributed by atoms with van der Waals surface area (Å²) in [7, 11) is 2.92. The van der Waals surface area contributed by atoms with Crippen molar-refractivity contribution >= 4 is 29.3 Å². The molecule has 0 saturated carbocycles. The van der Waals surface area contributed by atoms with Crippen molar-refractivity contribution in [3.8, 4) is 17.2 Å². The van der Waals surface area contributed by atoms with Crippen LogP contribution in [0.2, 0.25) is 5.02 Å². The summed E-state index contributed by atoms with van der Waals surface area (Å²) in [6, 6.07) is 8.44. The van der Waals surface area contributed by atoms with Crippen LogP contribution in [0.1, 0.15) is 24.1 Å². The van der Waals surface area contributed by atoms with Gasteiger partial charge in [-0.05, 0) is 54.4 Å². The van der Waals surface area contributed by atoms with Gasteiger partial charge in [0.25, 0.3) is 0 Å². The van der Waals surface area contributed by atoms with E-state index in [9.17, 15) is 14.7 Å². The summed E-state index contributed by atoms with van der Waals surface area (Å²) >= 11 is 6.12. The molecule has 0 saturated heterocycles. The summed E-state index contributed by atoms with van der Waals surface area (Å²) in [6.07, 6.45) is 0. The molecule has 0 bridgehead atoms. The van der Waals surface area contributed by atoms with E-state index >= 15 is 0 Å². The zero-order chi connectivity index (χ0) is 21.8. The molecule has 2 aromatic rings. The molecule has 0 spiro atoms. The zero-order valence-electron chi connectivity index (χ0n) is 16.6. The molecule has 0 aliphatic carbocycles. The number of ether oxygens (including phenoxy) is 3. The van der Waals surface area contributed by atoms with Crippen molar-refractivity contribution in [1.82, 2.24) is 10.6 Å². The molecule has 3 rings (SSSR count). The van der Waals surface area contributed by atoms with E-state index in [1.165, 1.54) is 19.2 Å². The van der Waals surface area contributed by atoms with Gasteiger partial charge in [0.05, 0.1) is 43.2 Å². The quantitative estimate of drug-likeness (QED) is 0.604. The minimum Gasteiger partial charge on any atom is -0.503 e. The fourth-order valence-electron chi connectivity index (χ4n) is 3.14. The third kappa shape index (κ3) is 4.13. The summed E-state index contributed by atoms with van der Waals surface area (Å²) in [5.74, 6) is -0.104. The van der Waals surface area contributed by atoms with Gasteiger partial charge in [0.2, 0.25) is 0 Å². The number of phenols is 1. The van der Waals surface area contributed by atoms with E-state index in [1.54, 1.807) is 38.3 Å². The second kappa shape index (κ2) is 8.96. The molecule has 2 aromatic carbocycles. The summed E-state index contributed by atoms with van der Waals surface area (Å²) in [4.78, 5) is 25.3. The van der Waals surface area contributed by atoms with Gasteiger partial charge in [-0.15, -0.1) is 0 Å². The normalized spacial score (nSPS) is 15.9. The number of rotatable bonds is 6. The number of aromatic hydroxyl groups is 1. The van der Waals surface area contributed by atoms with Gasteiger partial charge in [0.1, 0.15) is 5.75 Å². The lowest BCUT2D eigenvalue weighted by Crippen LogP contribution is -2.45. The van der Waals surface area contributed by atoms with Gasteiger partial charge in [-0.2, -0.15) is 0 Å². The lowest BCUT2D eigenvalue weighted by molar-refractivity contribution is -0.138. The SMILES string of the molecule is CCOC(=O)C1=C(c2ccc(OC)cc2)NC(=O)NC1c1cc(Cl)c(O)c(OC)c1. The highest BCUT2D eigenvalue weighted by Crippen LogP contribution is 2.40. The fraction of sp³-hybridized carbons (Fsp3) is 0.238. The van der Waals surface area contributed by atoms with Gasteiger partial charge >= 0.3 is 12.0 Å². The van der Waals surface area contributed by atoms with Gasteiger partial charge in [-0.3, -0.25) is 0 Å². The number of phenolic OH excluding ortho intramolecular Hbond substituents is 1. The van der Waals surface area contributed by atoms with Crippen LogP contribution in [0.5, 0.6) is 17.2 Å². The molecule has 0 aromatic heterocycles. The first kappa shape index (κ1) is 21.3. The largest absolute Gasteiger partial charge is 0.503 e. The van der Waals surface area contributed by atoms with Gasteiger partial charge in [-0.1, -0.05) is 11.6 Å². The average Bonchev–Trinajstić information content (AvgIpc) is 2.75. The Balaban J connectivity index is 2.20. The first-order valence-corrected chi connectivity index (χ1v) is 9.47. The second-order valence-electron chi connectivity index (χ2n) is 6.32. The van der Waals surface area contributed by atoms with Crippen molar-refractivity contribution in [3.05, 3.63) is 58.1 Å². The Kier molecular flexibility index (Phi) is 6.37. The number of halogens is 1. The highest BCUT2D eigenvalue weighted by Gasteiger charge is 2.35. The third-order valence-corrected chi connectivity index (χ3v) is 4.84. The summed E-state index contributed by atoms with van der Waals surface area (Å²) in [5, 5.41) is 15.5. The van der Waals surface area contributed by atoms with E-state index in [4.69, 9.17) is 25.8 Å². The van der Waals surface area contributed by atoms with E-state index in [0.29, 0.717) is 22.6 Å². The van der Waals surface area contributed by atoms with Crippen molar-refractivity contribution in [2.75, 3.05) is 20.8 Å². The van der Waals surface area contributed by atoms with Gasteiger partial charge < -0.3 is 30.0 Å². The smallest absolute Gasteiger partial charge is 0.338 e. The Labute approximate surface area is 178 Å². The van der Waals surface area contributed by atoms with Crippen LogP contribution in [-0.2, 0) is 9.53 Å². The summed E-state index contributed by atoms with van der Waals surface area (Å²) < 4.78 is 15.6. The van der Waals surface area contributed by atoms with Crippen molar-refractivity contribution in [1.29, 1.82) is 0 Å². The molecule has 2 amide bonds. The van der Waals surface area contributed by atoms with Crippen molar-refractivity contribution < 1.29 is 28.9 Å². The molecule has 1 atom stereocenters. The molecule has 3 N–H and O–H groups in total. The first-order valence-electron chi connectivity index (χ1n) is 9.09. The monoisotopic (exact) mass is 432 g/mol. The molecule has 158 valence electrons. The molecule has 1 heterocycles. The maximum Gasteiger partial charge on any atom is 0.338 e. The number of benzene rings is 2. The van der Waals surface area contributed by atoms with Crippen molar-refractivity contribution in [2.24, 2.45) is 0 Å². The number of amides is 2. The number of carbonyl (C=O) groups excluding carboxylic acids is 2. The Bertz CT molecular complexity index is 1000. The van der Waals surface area contributed by atoms with Gasteiger partial charge in [0.15, 0.2) is 11.5 Å². The lowest BCUT2D eigenvalue weighted by Gasteiger charge is -2.30. The van der Waals surface area contributed by atoms with Crippen LogP contribution < -0.4 is 20.1 Å². The van der Waals surface area contributed by atoms with Crippen LogP contribution in [0.25, 0.3) is 5.70 Å². The Morgan fingerprint density at radius 2 is 1.87 bits per heavy atom. The number of methoxy groups -OCH3 is 2. The number of hydrogen-bond donors (Lipinski definition) is 3. The van der Waals surface area contributed by atoms with Crippen LogP contribution in [0.15, 0.2) is 42.0 Å². The topological polar surface area (TPSA) is 106 Å². The molecule has 30 heavy (non-hydrogen) atoms. The molecular formula is C21H21ClN2O6. The van der Waals surface area contributed by atoms with Gasteiger partial charge in [0, 0.05) is 0 Å². The Morgan fingerprint density at radius 3 is 2.47 bits per heavy atom. The number of carbonyl (C=O) groups is 2. The predicted octanol–water partition coefficient (Wildman–Crippen LogP) is 3.39. The number of hydrogen-bond acceptors (Lipinski definition) is 6. The van der Waals surface area contributed by atoms with Crippen LogP contribution in [0, 0.1) is 0 Å². The van der Waals surface area contributed by atoms with E-state index in [0.717, 1.165) is 0 Å². The molecule has 1 aliphatic heterocycles. The molecule has 1 unspecified atom stereocenters. The van der Waals surface area contributed by atoms with Gasteiger partial charge in [-0.25, -0.2) is 9.59 Å². The molecular weight excluding hydrogens is 412 g/mol. The Hall–Kier alpha value is -3.39. The zero-order valence-corrected chi connectivity index (χ0v) is 17.4. The van der Waals surface area contributed by atoms with Crippen LogP contribution in [0.4, 0.5) is 4.79 Å². The summed E-state index contributed by atoms with van der Waals surface area (Å²) in [6.45, 7) is 1.84. The highest BCUT2D eigenvalue weighted by atomic mass is 35.5. The van der Waals surface area contributed by atoms with Crippen LogP contribution in [0.3, 0.4) is 0 Å². The van der Waals surface area contributed by atoms with E-state index < -0.39 is 18.0 Å². The second-order valence-corrected chi connectivity index (χ2v) is 6.73. The van der Waals surface area contributed by atoms with E-state index in [2.05, 4.69) is 10.6 Å². The fourth-order valence-corrected chi connectivity index (χ4v) is 3.36. The number of urea groups is 1. The van der Waals surface area contributed by atoms with E-state index in [-0.39, 0.29) is 28.7 Å². The van der Waals surface area contributed by atoms with E-state index in [1.807, 2.05) is 0 Å². The Morgan fingerprint density at radius 1 is 1.17 bits per heavy atom. The van der Waals surface area contributed by atoms with Crippen LogP contribution in [-0.4, -0.2) is 37.9 Å². The van der Waals surface area contributed by atoms with Crippen molar-refractivity contribution in [3.63, 3.8) is 0 Å². The molecule has 0 fully saturated rings. The number of nitrogens with one attached hydrogen (secondary N) is 2. The molecule has 0 radical (unpaired) electrons. The predicted molar refractivity (Wildman–Crippen MR) is 111 cm³/mol. The minimum atomic E-state index is -0.887. The summed E-state index contributed by atoms with van der Waals surface area (Å²) in [5.41, 5.74) is 1.52. The molecule has 8 nitrogen and oxygen atoms in total. The average molecular weight is 433 g/mol.